The first kappa shape index (κ1) is 13.5. The van der Waals surface area contributed by atoms with Gasteiger partial charge in [0, 0.05) is 12.0 Å². The van der Waals surface area contributed by atoms with Gasteiger partial charge in [-0.15, -0.1) is 0 Å². The van der Waals surface area contributed by atoms with Gasteiger partial charge >= 0.3 is 5.97 Å². The Balaban J connectivity index is 2.34. The van der Waals surface area contributed by atoms with Gasteiger partial charge in [-0.25, -0.2) is 8.42 Å². The second-order valence-electron chi connectivity index (χ2n) is 4.29. The zero-order valence-electron chi connectivity index (χ0n) is 10.3. The van der Waals surface area contributed by atoms with E-state index in [9.17, 15) is 18.0 Å². The highest BCUT2D eigenvalue weighted by atomic mass is 32.2. The van der Waals surface area contributed by atoms with Gasteiger partial charge < -0.3 is 4.74 Å². The molecular weight excluding hydrogens is 270 g/mol. The Hall–Kier alpha value is -1.89. The van der Waals surface area contributed by atoms with Crippen LogP contribution in [0.25, 0.3) is 0 Å². The Bertz CT molecular complexity index is 623. The molecule has 0 spiro atoms. The lowest BCUT2D eigenvalue weighted by Crippen LogP contribution is -2.21. The Labute approximate surface area is 110 Å². The number of ether oxygens (including phenoxy) is 1. The molecule has 0 radical (unpaired) electrons. The quantitative estimate of drug-likeness (QED) is 0.501. The predicted octanol–water partition coefficient (Wildman–Crippen LogP) is 0.804. The van der Waals surface area contributed by atoms with Gasteiger partial charge in [-0.05, 0) is 12.1 Å². The lowest BCUT2D eigenvalue weighted by atomic mass is 9.95. The van der Waals surface area contributed by atoms with Crippen LogP contribution in [0.1, 0.15) is 16.8 Å². The number of sulfonamides is 1. The number of carbonyl (C=O) groups excluding carboxylic acids is 2. The molecule has 0 amide bonds. The summed E-state index contributed by atoms with van der Waals surface area (Å²) < 4.78 is 29.5. The van der Waals surface area contributed by atoms with Crippen molar-refractivity contribution in [3.8, 4) is 0 Å². The van der Waals surface area contributed by atoms with Crippen molar-refractivity contribution in [2.24, 2.45) is 5.92 Å². The molecule has 1 saturated heterocycles. The number of Topliss-reactive ketones (excluding diaryl/α,β-unsaturated/α-hetero) is 1. The highest BCUT2D eigenvalue weighted by Crippen LogP contribution is 2.25. The van der Waals surface area contributed by atoms with Gasteiger partial charge in [-0.2, -0.15) is 0 Å². The molecule has 1 aliphatic rings. The van der Waals surface area contributed by atoms with E-state index in [1.54, 1.807) is 12.1 Å². The van der Waals surface area contributed by atoms with Crippen molar-refractivity contribution < 1.29 is 22.7 Å². The van der Waals surface area contributed by atoms with Gasteiger partial charge in [-0.1, -0.05) is 12.1 Å². The lowest BCUT2D eigenvalue weighted by molar-refractivity contribution is -0.140. The van der Waals surface area contributed by atoms with Crippen LogP contribution in [0.5, 0.6) is 0 Å². The first-order valence-electron chi connectivity index (χ1n) is 5.66. The summed E-state index contributed by atoms with van der Waals surface area (Å²) in [6.45, 7) is 0.219. The van der Waals surface area contributed by atoms with E-state index in [1.807, 2.05) is 0 Å². The third kappa shape index (κ3) is 3.11. The van der Waals surface area contributed by atoms with E-state index in [-0.39, 0.29) is 17.9 Å². The molecule has 6 nitrogen and oxygen atoms in total. The van der Waals surface area contributed by atoms with E-state index in [0.717, 1.165) is 6.26 Å². The third-order valence-electron chi connectivity index (χ3n) is 2.74. The fourth-order valence-electron chi connectivity index (χ4n) is 1.91. The largest absolute Gasteiger partial charge is 0.465 e. The van der Waals surface area contributed by atoms with Crippen molar-refractivity contribution in [1.82, 2.24) is 0 Å². The van der Waals surface area contributed by atoms with E-state index in [2.05, 4.69) is 4.72 Å². The topological polar surface area (TPSA) is 89.5 Å². The number of esters is 1. The van der Waals surface area contributed by atoms with Gasteiger partial charge in [0.25, 0.3) is 0 Å². The van der Waals surface area contributed by atoms with Crippen LogP contribution in [0, 0.1) is 5.92 Å². The molecule has 0 bridgehead atoms. The van der Waals surface area contributed by atoms with Crippen molar-refractivity contribution in [3.05, 3.63) is 29.8 Å². The van der Waals surface area contributed by atoms with Crippen molar-refractivity contribution in [2.45, 2.75) is 6.42 Å². The normalized spacial score (nSPS) is 19.0. The minimum absolute atomic E-state index is 0.176. The van der Waals surface area contributed by atoms with Gasteiger partial charge in [0.15, 0.2) is 5.78 Å². The van der Waals surface area contributed by atoms with Crippen LogP contribution < -0.4 is 4.72 Å². The molecule has 102 valence electrons. The van der Waals surface area contributed by atoms with Gasteiger partial charge in [-0.3, -0.25) is 14.3 Å². The first-order chi connectivity index (χ1) is 8.88. The molecule has 1 aromatic carbocycles. The average Bonchev–Trinajstić information content (AvgIpc) is 2.73. The number of hydrogen-bond acceptors (Lipinski definition) is 5. The monoisotopic (exact) mass is 283 g/mol. The summed E-state index contributed by atoms with van der Waals surface area (Å²) in [6.07, 6.45) is 1.32. The zero-order chi connectivity index (χ0) is 14.0. The van der Waals surface area contributed by atoms with Crippen molar-refractivity contribution in [1.29, 1.82) is 0 Å². The smallest absolute Gasteiger partial charge is 0.316 e. The maximum absolute atomic E-state index is 12.2. The Morgan fingerprint density at radius 3 is 2.63 bits per heavy atom. The van der Waals surface area contributed by atoms with E-state index in [4.69, 9.17) is 4.74 Å². The van der Waals surface area contributed by atoms with E-state index < -0.39 is 27.7 Å². The van der Waals surface area contributed by atoms with Crippen LogP contribution in [-0.2, 0) is 19.6 Å². The summed E-state index contributed by atoms with van der Waals surface area (Å²) in [5.74, 6) is -1.82. The molecule has 1 fully saturated rings. The van der Waals surface area contributed by atoms with Gasteiger partial charge in [0.05, 0.1) is 18.6 Å². The highest BCUT2D eigenvalue weighted by molar-refractivity contribution is 7.92. The SMILES string of the molecule is CS(=O)(=O)Nc1ccccc1C(=O)C1CCOC1=O. The number of ketones is 1. The standard InChI is InChI=1S/C12H13NO5S/c1-19(16,17)13-10-5-3-2-4-8(10)11(14)9-6-7-18-12(9)15/h2-5,9,13H,6-7H2,1H3. The fraction of sp³-hybridized carbons (Fsp3) is 0.333. The molecule has 1 heterocycles. The van der Waals surface area contributed by atoms with Gasteiger partial charge in [0.2, 0.25) is 10.0 Å². The molecule has 1 aromatic rings. The maximum atomic E-state index is 12.2. The summed E-state index contributed by atoms with van der Waals surface area (Å²) in [6, 6.07) is 6.19. The molecule has 19 heavy (non-hydrogen) atoms. The molecule has 2 rings (SSSR count). The number of carbonyl (C=O) groups is 2. The summed E-state index contributed by atoms with van der Waals surface area (Å²) >= 11 is 0. The second-order valence-corrected chi connectivity index (χ2v) is 6.04. The van der Waals surface area contributed by atoms with Crippen LogP contribution >= 0.6 is 0 Å². The third-order valence-corrected chi connectivity index (χ3v) is 3.33. The van der Waals surface area contributed by atoms with Crippen molar-refractivity contribution >= 4 is 27.5 Å². The van der Waals surface area contributed by atoms with Gasteiger partial charge in [0.1, 0.15) is 5.92 Å². The average molecular weight is 283 g/mol. The molecule has 0 saturated carbocycles. The summed E-state index contributed by atoms with van der Waals surface area (Å²) in [5.41, 5.74) is 0.353. The van der Waals surface area contributed by atoms with Crippen molar-refractivity contribution in [3.63, 3.8) is 0 Å². The van der Waals surface area contributed by atoms with Crippen LogP contribution in [-0.4, -0.2) is 33.0 Å². The molecule has 1 N–H and O–H groups in total. The van der Waals surface area contributed by atoms with E-state index in [0.29, 0.717) is 6.42 Å². The minimum Gasteiger partial charge on any atom is -0.465 e. The number of hydrogen-bond donors (Lipinski definition) is 1. The molecule has 1 aliphatic heterocycles. The van der Waals surface area contributed by atoms with Crippen LogP contribution in [0.15, 0.2) is 24.3 Å². The number of nitrogens with one attached hydrogen (secondary N) is 1. The number of para-hydroxylation sites is 1. The molecule has 0 aliphatic carbocycles. The predicted molar refractivity (Wildman–Crippen MR) is 68.3 cm³/mol. The Morgan fingerprint density at radius 1 is 1.37 bits per heavy atom. The number of anilines is 1. The molecule has 0 aromatic heterocycles. The summed E-state index contributed by atoms with van der Waals surface area (Å²) in [5, 5.41) is 0. The number of cyclic esters (lactones) is 1. The fourth-order valence-corrected chi connectivity index (χ4v) is 2.49. The first-order valence-corrected chi connectivity index (χ1v) is 7.55. The van der Waals surface area contributed by atoms with E-state index in [1.165, 1.54) is 12.1 Å². The van der Waals surface area contributed by atoms with Crippen LogP contribution in [0.4, 0.5) is 5.69 Å². The minimum atomic E-state index is -3.49. The molecule has 7 heteroatoms. The number of benzene rings is 1. The lowest BCUT2D eigenvalue weighted by Gasteiger charge is -2.11. The second kappa shape index (κ2) is 5.00. The Kier molecular flexibility index (Phi) is 3.57. The van der Waals surface area contributed by atoms with E-state index >= 15 is 0 Å². The zero-order valence-corrected chi connectivity index (χ0v) is 11.1. The molecular formula is C12H13NO5S. The summed E-state index contributed by atoms with van der Waals surface area (Å²) in [7, 11) is -3.49. The highest BCUT2D eigenvalue weighted by Gasteiger charge is 2.34. The van der Waals surface area contributed by atoms with Crippen molar-refractivity contribution in [2.75, 3.05) is 17.6 Å². The maximum Gasteiger partial charge on any atom is 0.316 e. The number of rotatable bonds is 4. The molecule has 1 atom stereocenters. The van der Waals surface area contributed by atoms with Crippen LogP contribution in [0.2, 0.25) is 0 Å². The van der Waals surface area contributed by atoms with Crippen LogP contribution in [0.3, 0.4) is 0 Å². The molecule has 1 unspecified atom stereocenters. The summed E-state index contributed by atoms with van der Waals surface area (Å²) in [4.78, 5) is 23.6. The Morgan fingerprint density at radius 2 is 2.05 bits per heavy atom.